The van der Waals surface area contributed by atoms with Crippen LogP contribution in [0.15, 0.2) is 18.3 Å². The van der Waals surface area contributed by atoms with Crippen LogP contribution in [-0.2, 0) is 0 Å². The molecule has 19 heavy (non-hydrogen) atoms. The normalized spacial score (nSPS) is 10.6. The predicted molar refractivity (Wildman–Crippen MR) is 78.4 cm³/mol. The molecule has 0 bridgehead atoms. The van der Waals surface area contributed by atoms with Crippen LogP contribution in [0.4, 0.5) is 5.69 Å². The molecular weight excluding hydrogens is 240 g/mol. The predicted octanol–water partition coefficient (Wildman–Crippen LogP) is 1.39. The number of nitrogens with one attached hydrogen (secondary N) is 1. The summed E-state index contributed by atoms with van der Waals surface area (Å²) in [4.78, 5) is 18.0. The van der Waals surface area contributed by atoms with Crippen molar-refractivity contribution < 1.29 is 4.79 Å². The quantitative estimate of drug-likeness (QED) is 0.781. The van der Waals surface area contributed by atoms with Crippen LogP contribution in [0.2, 0.25) is 0 Å². The van der Waals surface area contributed by atoms with Crippen LogP contribution < -0.4 is 16.0 Å². The summed E-state index contributed by atoms with van der Waals surface area (Å²) in [7, 11) is 1.61. The molecular formula is C14H24N4O. The minimum Gasteiger partial charge on any atom is -0.367 e. The van der Waals surface area contributed by atoms with Gasteiger partial charge in [0.15, 0.2) is 0 Å². The van der Waals surface area contributed by atoms with E-state index < -0.39 is 0 Å². The zero-order chi connectivity index (χ0) is 14.3. The summed E-state index contributed by atoms with van der Waals surface area (Å²) in [5.41, 5.74) is 7.15. The maximum Gasteiger partial charge on any atom is 0.269 e. The number of amides is 1. The Labute approximate surface area is 115 Å². The Morgan fingerprint density at radius 1 is 1.47 bits per heavy atom. The molecule has 0 aliphatic rings. The van der Waals surface area contributed by atoms with Crippen molar-refractivity contribution in [3.63, 3.8) is 0 Å². The zero-order valence-corrected chi connectivity index (χ0v) is 12.0. The van der Waals surface area contributed by atoms with Gasteiger partial charge >= 0.3 is 0 Å². The first-order valence-electron chi connectivity index (χ1n) is 6.82. The number of nitrogens with zero attached hydrogens (tertiary/aromatic N) is 2. The Balaban J connectivity index is 3.05. The van der Waals surface area contributed by atoms with Gasteiger partial charge in [0.2, 0.25) is 0 Å². The number of nitrogens with two attached hydrogens (primary N) is 1. The molecule has 0 aliphatic carbocycles. The van der Waals surface area contributed by atoms with Crippen LogP contribution in [0.5, 0.6) is 0 Å². The number of carbonyl (C=O) groups is 1. The van der Waals surface area contributed by atoms with Gasteiger partial charge in [-0.15, -0.1) is 0 Å². The first kappa shape index (κ1) is 15.4. The molecule has 3 N–H and O–H groups in total. The minimum atomic E-state index is -0.168. The minimum absolute atomic E-state index is 0.168. The molecule has 0 aliphatic heterocycles. The summed E-state index contributed by atoms with van der Waals surface area (Å²) in [6.07, 6.45) is 3.77. The first-order chi connectivity index (χ1) is 9.17. The van der Waals surface area contributed by atoms with E-state index in [1.54, 1.807) is 13.2 Å². The summed E-state index contributed by atoms with van der Waals surface area (Å²) < 4.78 is 0. The number of rotatable bonds is 7. The number of pyridine rings is 1. The molecule has 0 fully saturated rings. The monoisotopic (exact) mass is 264 g/mol. The Morgan fingerprint density at radius 3 is 2.68 bits per heavy atom. The first-order valence-corrected chi connectivity index (χ1v) is 6.82. The van der Waals surface area contributed by atoms with E-state index in [2.05, 4.69) is 29.0 Å². The molecule has 0 saturated heterocycles. The second-order valence-corrected chi connectivity index (χ2v) is 4.43. The van der Waals surface area contributed by atoms with Crippen molar-refractivity contribution in [2.75, 3.05) is 25.0 Å². The van der Waals surface area contributed by atoms with E-state index in [1.165, 1.54) is 0 Å². The fourth-order valence-electron chi connectivity index (χ4n) is 2.24. The average Bonchev–Trinajstić information content (AvgIpc) is 2.46. The molecule has 1 aromatic rings. The standard InChI is InChI=1S/C14H24N4O/c1-4-11(5-2)18(9-7-15)12-6-8-17-13(10-12)14(19)16-3/h6,8,10-11H,4-5,7,9,15H2,1-3H3,(H,16,19). The second kappa shape index (κ2) is 7.74. The summed E-state index contributed by atoms with van der Waals surface area (Å²) in [5, 5.41) is 2.59. The SMILES string of the molecule is CCC(CC)N(CCN)c1ccnc(C(=O)NC)c1. The smallest absolute Gasteiger partial charge is 0.269 e. The fraction of sp³-hybridized carbons (Fsp3) is 0.571. The van der Waals surface area contributed by atoms with Crippen molar-refractivity contribution in [3.05, 3.63) is 24.0 Å². The van der Waals surface area contributed by atoms with Gasteiger partial charge in [-0.05, 0) is 25.0 Å². The van der Waals surface area contributed by atoms with E-state index >= 15 is 0 Å². The Kier molecular flexibility index (Phi) is 6.29. The molecule has 0 atom stereocenters. The molecule has 1 amide bonds. The fourth-order valence-corrected chi connectivity index (χ4v) is 2.24. The second-order valence-electron chi connectivity index (χ2n) is 4.43. The van der Waals surface area contributed by atoms with E-state index in [-0.39, 0.29) is 5.91 Å². The highest BCUT2D eigenvalue weighted by atomic mass is 16.1. The van der Waals surface area contributed by atoms with Gasteiger partial charge in [0, 0.05) is 38.1 Å². The number of carbonyl (C=O) groups excluding carboxylic acids is 1. The van der Waals surface area contributed by atoms with E-state index in [9.17, 15) is 4.79 Å². The molecule has 5 nitrogen and oxygen atoms in total. The third-order valence-corrected chi connectivity index (χ3v) is 3.29. The maximum absolute atomic E-state index is 11.6. The van der Waals surface area contributed by atoms with Crippen LogP contribution in [0.3, 0.4) is 0 Å². The molecule has 1 rings (SSSR count). The summed E-state index contributed by atoms with van der Waals surface area (Å²) in [6.45, 7) is 5.70. The number of aromatic nitrogens is 1. The Bertz CT molecular complexity index is 404. The molecule has 0 aromatic carbocycles. The third kappa shape index (κ3) is 3.92. The molecule has 1 aromatic heterocycles. The van der Waals surface area contributed by atoms with Crippen molar-refractivity contribution in [1.29, 1.82) is 0 Å². The van der Waals surface area contributed by atoms with Gasteiger partial charge < -0.3 is 16.0 Å². The Hall–Kier alpha value is -1.62. The van der Waals surface area contributed by atoms with Crippen molar-refractivity contribution in [2.45, 2.75) is 32.7 Å². The summed E-state index contributed by atoms with van der Waals surface area (Å²) >= 11 is 0. The lowest BCUT2D eigenvalue weighted by atomic mass is 10.1. The van der Waals surface area contributed by atoms with Gasteiger partial charge in [-0.3, -0.25) is 9.78 Å². The molecule has 0 unspecified atom stereocenters. The molecule has 5 heteroatoms. The average molecular weight is 264 g/mol. The third-order valence-electron chi connectivity index (χ3n) is 3.29. The van der Waals surface area contributed by atoms with Crippen LogP contribution in [0.25, 0.3) is 0 Å². The van der Waals surface area contributed by atoms with E-state index in [4.69, 9.17) is 5.73 Å². The van der Waals surface area contributed by atoms with Gasteiger partial charge in [-0.25, -0.2) is 0 Å². The van der Waals surface area contributed by atoms with Crippen LogP contribution >= 0.6 is 0 Å². The van der Waals surface area contributed by atoms with Gasteiger partial charge in [0.1, 0.15) is 5.69 Å². The van der Waals surface area contributed by atoms with Gasteiger partial charge in [0.05, 0.1) is 0 Å². The van der Waals surface area contributed by atoms with E-state index in [1.807, 2.05) is 12.1 Å². The lowest BCUT2D eigenvalue weighted by Crippen LogP contribution is -2.38. The van der Waals surface area contributed by atoms with Crippen molar-refractivity contribution in [1.82, 2.24) is 10.3 Å². The van der Waals surface area contributed by atoms with Crippen LogP contribution in [0.1, 0.15) is 37.2 Å². The Morgan fingerprint density at radius 2 is 2.16 bits per heavy atom. The largest absolute Gasteiger partial charge is 0.367 e. The van der Waals surface area contributed by atoms with Gasteiger partial charge in [-0.2, -0.15) is 0 Å². The van der Waals surface area contributed by atoms with E-state index in [0.29, 0.717) is 18.3 Å². The van der Waals surface area contributed by atoms with Crippen molar-refractivity contribution in [3.8, 4) is 0 Å². The highest BCUT2D eigenvalue weighted by Crippen LogP contribution is 2.20. The number of anilines is 1. The van der Waals surface area contributed by atoms with Gasteiger partial charge in [0.25, 0.3) is 5.91 Å². The summed E-state index contributed by atoms with van der Waals surface area (Å²) in [6, 6.07) is 4.19. The lowest BCUT2D eigenvalue weighted by molar-refractivity contribution is 0.0958. The van der Waals surface area contributed by atoms with Gasteiger partial charge in [-0.1, -0.05) is 13.8 Å². The van der Waals surface area contributed by atoms with Crippen LogP contribution in [0, 0.1) is 0 Å². The summed E-state index contributed by atoms with van der Waals surface area (Å²) in [5.74, 6) is -0.168. The van der Waals surface area contributed by atoms with E-state index in [0.717, 1.165) is 25.1 Å². The maximum atomic E-state index is 11.6. The highest BCUT2D eigenvalue weighted by Gasteiger charge is 2.16. The highest BCUT2D eigenvalue weighted by molar-refractivity contribution is 5.92. The molecule has 0 spiro atoms. The molecule has 0 saturated carbocycles. The lowest BCUT2D eigenvalue weighted by Gasteiger charge is -2.32. The topological polar surface area (TPSA) is 71.2 Å². The molecule has 0 radical (unpaired) electrons. The zero-order valence-electron chi connectivity index (χ0n) is 12.0. The van der Waals surface area contributed by atoms with Crippen molar-refractivity contribution in [2.24, 2.45) is 5.73 Å². The number of hydrogen-bond donors (Lipinski definition) is 2. The molecule has 106 valence electrons. The van der Waals surface area contributed by atoms with Crippen LogP contribution in [-0.4, -0.2) is 37.1 Å². The van der Waals surface area contributed by atoms with Crippen molar-refractivity contribution >= 4 is 11.6 Å². The molecule has 1 heterocycles. The number of hydrogen-bond acceptors (Lipinski definition) is 4.